The van der Waals surface area contributed by atoms with Crippen LogP contribution in [0.15, 0.2) is 0 Å². The van der Waals surface area contributed by atoms with Gasteiger partial charge in [-0.1, -0.05) is 94.7 Å². The van der Waals surface area contributed by atoms with Crippen LogP contribution in [0.3, 0.4) is 0 Å². The molecule has 2 saturated carbocycles. The molecule has 2 aliphatic carbocycles. The minimum atomic E-state index is -0.0371. The van der Waals surface area contributed by atoms with Crippen molar-refractivity contribution >= 4 is 22.6 Å². The van der Waals surface area contributed by atoms with Crippen LogP contribution in [0, 0.1) is 29.6 Å². The SMILES string of the molecule is CCCCC(CCC)C(CC)CC(O)C1CCC(C2CCCC(I)C2)C1. The van der Waals surface area contributed by atoms with E-state index in [0.29, 0.717) is 5.92 Å². The molecule has 0 aliphatic heterocycles. The Morgan fingerprint density at radius 3 is 2.31 bits per heavy atom. The Labute approximate surface area is 177 Å². The van der Waals surface area contributed by atoms with Gasteiger partial charge in [0.1, 0.15) is 0 Å². The second-order valence-corrected chi connectivity index (χ2v) is 11.3. The summed E-state index contributed by atoms with van der Waals surface area (Å²) in [6, 6.07) is 0. The lowest BCUT2D eigenvalue weighted by atomic mass is 9.76. The van der Waals surface area contributed by atoms with Crippen molar-refractivity contribution in [3.8, 4) is 0 Å². The van der Waals surface area contributed by atoms with E-state index < -0.39 is 0 Å². The minimum Gasteiger partial charge on any atom is -0.393 e. The van der Waals surface area contributed by atoms with E-state index >= 15 is 0 Å². The molecule has 2 heteroatoms. The Hall–Kier alpha value is 0.690. The second kappa shape index (κ2) is 12.3. The first-order valence-electron chi connectivity index (χ1n) is 11.9. The molecule has 7 atom stereocenters. The maximum absolute atomic E-state index is 11.1. The van der Waals surface area contributed by atoms with E-state index in [1.54, 1.807) is 0 Å². The predicted octanol–water partition coefficient (Wildman–Crippen LogP) is 7.78. The summed E-state index contributed by atoms with van der Waals surface area (Å²) < 4.78 is 0.910. The van der Waals surface area contributed by atoms with E-state index in [-0.39, 0.29) is 6.10 Å². The number of aliphatic hydroxyl groups is 1. The van der Waals surface area contributed by atoms with Crippen molar-refractivity contribution in [3.63, 3.8) is 0 Å². The van der Waals surface area contributed by atoms with Crippen molar-refractivity contribution in [2.24, 2.45) is 29.6 Å². The molecule has 0 aromatic rings. The Morgan fingerprint density at radius 2 is 1.65 bits per heavy atom. The van der Waals surface area contributed by atoms with E-state index in [1.165, 1.54) is 83.5 Å². The van der Waals surface area contributed by atoms with Crippen LogP contribution in [-0.4, -0.2) is 15.1 Å². The molecule has 0 saturated heterocycles. The van der Waals surface area contributed by atoms with E-state index in [2.05, 4.69) is 43.4 Å². The van der Waals surface area contributed by atoms with Crippen molar-refractivity contribution in [2.75, 3.05) is 0 Å². The predicted molar refractivity (Wildman–Crippen MR) is 123 cm³/mol. The largest absolute Gasteiger partial charge is 0.393 e. The van der Waals surface area contributed by atoms with Crippen LogP contribution in [0.5, 0.6) is 0 Å². The zero-order chi connectivity index (χ0) is 18.9. The van der Waals surface area contributed by atoms with Crippen molar-refractivity contribution in [1.29, 1.82) is 0 Å². The molecule has 0 heterocycles. The number of alkyl halides is 1. The molecule has 2 aliphatic rings. The summed E-state index contributed by atoms with van der Waals surface area (Å²) in [6.45, 7) is 6.99. The van der Waals surface area contributed by atoms with Crippen molar-refractivity contribution < 1.29 is 5.11 Å². The molecule has 1 nitrogen and oxygen atoms in total. The van der Waals surface area contributed by atoms with Crippen LogP contribution in [0.25, 0.3) is 0 Å². The number of rotatable bonds is 11. The summed E-state index contributed by atoms with van der Waals surface area (Å²) in [5.74, 6) is 4.05. The standard InChI is InChI=1S/C24H45IO/c1-4-7-10-19(9-5-2)18(6-3)17-24(26)22-14-13-21(15-22)20-11-8-12-23(25)16-20/h18-24,26H,4-17H2,1-3H3. The molecule has 0 aromatic heterocycles. The van der Waals surface area contributed by atoms with E-state index in [4.69, 9.17) is 0 Å². The molecule has 0 aromatic carbocycles. The monoisotopic (exact) mass is 476 g/mol. The van der Waals surface area contributed by atoms with Gasteiger partial charge in [-0.05, 0) is 68.1 Å². The van der Waals surface area contributed by atoms with Crippen molar-refractivity contribution in [3.05, 3.63) is 0 Å². The lowest BCUT2D eigenvalue weighted by Crippen LogP contribution is -2.27. The highest BCUT2D eigenvalue weighted by molar-refractivity contribution is 14.1. The Balaban J connectivity index is 1.84. The quantitative estimate of drug-likeness (QED) is 0.238. The highest BCUT2D eigenvalue weighted by Gasteiger charge is 2.37. The normalized spacial score (nSPS) is 33.1. The molecule has 1 N–H and O–H groups in total. The topological polar surface area (TPSA) is 20.2 Å². The van der Waals surface area contributed by atoms with Gasteiger partial charge in [0, 0.05) is 3.92 Å². The second-order valence-electron chi connectivity index (χ2n) is 9.52. The summed E-state index contributed by atoms with van der Waals surface area (Å²) in [5.41, 5.74) is 0. The maximum atomic E-state index is 11.1. The lowest BCUT2D eigenvalue weighted by Gasteiger charge is -2.32. The van der Waals surface area contributed by atoms with Gasteiger partial charge in [0.05, 0.1) is 6.10 Å². The maximum Gasteiger partial charge on any atom is 0.0571 e. The molecule has 0 spiro atoms. The Bertz CT molecular complexity index is 371. The third-order valence-corrected chi connectivity index (χ3v) is 8.83. The van der Waals surface area contributed by atoms with Gasteiger partial charge < -0.3 is 5.11 Å². The van der Waals surface area contributed by atoms with E-state index in [0.717, 1.165) is 34.0 Å². The van der Waals surface area contributed by atoms with Crippen molar-refractivity contribution in [2.45, 2.75) is 121 Å². The fourth-order valence-corrected chi connectivity index (χ4v) is 7.17. The van der Waals surface area contributed by atoms with Gasteiger partial charge in [-0.15, -0.1) is 0 Å². The van der Waals surface area contributed by atoms with E-state index in [1.807, 2.05) is 0 Å². The molecule has 7 unspecified atom stereocenters. The third kappa shape index (κ3) is 6.94. The van der Waals surface area contributed by atoms with Crippen molar-refractivity contribution in [1.82, 2.24) is 0 Å². The van der Waals surface area contributed by atoms with Gasteiger partial charge in [0.25, 0.3) is 0 Å². The molecule has 2 fully saturated rings. The highest BCUT2D eigenvalue weighted by Crippen LogP contribution is 2.45. The number of aliphatic hydroxyl groups excluding tert-OH is 1. The summed E-state index contributed by atoms with van der Waals surface area (Å²) in [4.78, 5) is 0. The van der Waals surface area contributed by atoms with E-state index in [9.17, 15) is 5.11 Å². The fraction of sp³-hybridized carbons (Fsp3) is 1.00. The number of unbranched alkanes of at least 4 members (excludes halogenated alkanes) is 1. The summed E-state index contributed by atoms with van der Waals surface area (Å²) in [6.07, 6.45) is 18.8. The molecule has 0 bridgehead atoms. The van der Waals surface area contributed by atoms with Crippen LogP contribution >= 0.6 is 22.6 Å². The minimum absolute atomic E-state index is 0.0371. The van der Waals surface area contributed by atoms with Crippen LogP contribution in [0.2, 0.25) is 0 Å². The average Bonchev–Trinajstić information content (AvgIpc) is 3.13. The molecule has 26 heavy (non-hydrogen) atoms. The average molecular weight is 477 g/mol. The first-order valence-corrected chi connectivity index (χ1v) is 13.2. The fourth-order valence-electron chi connectivity index (χ4n) is 6.07. The van der Waals surface area contributed by atoms with Gasteiger partial charge in [-0.2, -0.15) is 0 Å². The summed E-state index contributed by atoms with van der Waals surface area (Å²) in [5, 5.41) is 11.1. The molecule has 0 amide bonds. The summed E-state index contributed by atoms with van der Waals surface area (Å²) >= 11 is 2.67. The molecule has 2 rings (SSSR count). The van der Waals surface area contributed by atoms with Gasteiger partial charge in [-0.25, -0.2) is 0 Å². The lowest BCUT2D eigenvalue weighted by molar-refractivity contribution is 0.0638. The smallest absolute Gasteiger partial charge is 0.0571 e. The zero-order valence-corrected chi connectivity index (χ0v) is 19.9. The zero-order valence-electron chi connectivity index (χ0n) is 17.8. The van der Waals surface area contributed by atoms with Crippen LogP contribution in [0.4, 0.5) is 0 Å². The third-order valence-electron chi connectivity index (χ3n) is 7.70. The van der Waals surface area contributed by atoms with Gasteiger partial charge in [0.15, 0.2) is 0 Å². The first kappa shape index (κ1) is 23.0. The number of halogens is 1. The Kier molecular flexibility index (Phi) is 10.9. The molecular weight excluding hydrogens is 431 g/mol. The highest BCUT2D eigenvalue weighted by atomic mass is 127. The molecule has 154 valence electrons. The summed E-state index contributed by atoms with van der Waals surface area (Å²) in [7, 11) is 0. The van der Waals surface area contributed by atoms with Gasteiger partial charge in [0.2, 0.25) is 0 Å². The van der Waals surface area contributed by atoms with Crippen LogP contribution < -0.4 is 0 Å². The Morgan fingerprint density at radius 1 is 0.885 bits per heavy atom. The molecular formula is C24H45IO. The van der Waals surface area contributed by atoms with Gasteiger partial charge >= 0.3 is 0 Å². The number of hydrogen-bond acceptors (Lipinski definition) is 1. The van der Waals surface area contributed by atoms with Crippen LogP contribution in [0.1, 0.15) is 111 Å². The van der Waals surface area contributed by atoms with Crippen LogP contribution in [-0.2, 0) is 0 Å². The van der Waals surface area contributed by atoms with Gasteiger partial charge in [-0.3, -0.25) is 0 Å². The molecule has 0 radical (unpaired) electrons. The number of hydrogen-bond donors (Lipinski definition) is 1. The first-order chi connectivity index (χ1) is 12.6.